The number of rotatable bonds is 8. The number of ether oxygens (including phenoxy) is 1. The standard InChI is InChI=1S/C29H34FN5O3/c1-21(2)19-35(29(37)23-6-4-7-25(18-23)38-3)20-28(36)34-15-5-14-33(16-17-34)27-13-12-26(31-32-27)22-8-10-24(30)11-9-22/h4,6-13,18,21H,5,14-17,19-20H2,1-3H3. The predicted octanol–water partition coefficient (Wildman–Crippen LogP) is 4.13. The molecule has 1 fully saturated rings. The third-order valence-electron chi connectivity index (χ3n) is 6.48. The van der Waals surface area contributed by atoms with Crippen LogP contribution < -0.4 is 9.64 Å². The summed E-state index contributed by atoms with van der Waals surface area (Å²) in [5, 5.41) is 8.70. The Hall–Kier alpha value is -4.01. The second kappa shape index (κ2) is 12.5. The van der Waals surface area contributed by atoms with Crippen molar-refractivity contribution < 1.29 is 18.7 Å². The molecule has 0 radical (unpaired) electrons. The van der Waals surface area contributed by atoms with E-state index in [1.807, 2.05) is 30.9 Å². The molecule has 200 valence electrons. The van der Waals surface area contributed by atoms with Gasteiger partial charge in [-0.05, 0) is 66.9 Å². The molecule has 0 aliphatic carbocycles. The maximum atomic E-state index is 13.3. The second-order valence-corrected chi connectivity index (χ2v) is 9.82. The van der Waals surface area contributed by atoms with E-state index in [2.05, 4.69) is 15.1 Å². The van der Waals surface area contributed by atoms with Gasteiger partial charge in [0.1, 0.15) is 18.1 Å². The Kier molecular flexibility index (Phi) is 8.89. The van der Waals surface area contributed by atoms with Crippen molar-refractivity contribution in [1.82, 2.24) is 20.0 Å². The summed E-state index contributed by atoms with van der Waals surface area (Å²) in [7, 11) is 1.56. The molecule has 0 saturated carbocycles. The Balaban J connectivity index is 1.39. The van der Waals surface area contributed by atoms with E-state index in [1.54, 1.807) is 48.4 Å². The smallest absolute Gasteiger partial charge is 0.254 e. The Morgan fingerprint density at radius 1 is 1.00 bits per heavy atom. The molecule has 1 saturated heterocycles. The maximum absolute atomic E-state index is 13.3. The summed E-state index contributed by atoms with van der Waals surface area (Å²) < 4.78 is 18.5. The van der Waals surface area contributed by atoms with E-state index in [4.69, 9.17) is 4.74 Å². The molecule has 1 aliphatic heterocycles. The number of anilines is 1. The fourth-order valence-electron chi connectivity index (χ4n) is 4.53. The van der Waals surface area contributed by atoms with Crippen molar-refractivity contribution in [3.63, 3.8) is 0 Å². The molecule has 2 heterocycles. The van der Waals surface area contributed by atoms with Gasteiger partial charge < -0.3 is 19.4 Å². The van der Waals surface area contributed by atoms with Gasteiger partial charge in [-0.1, -0.05) is 19.9 Å². The minimum atomic E-state index is -0.293. The van der Waals surface area contributed by atoms with E-state index in [-0.39, 0.29) is 30.1 Å². The van der Waals surface area contributed by atoms with Gasteiger partial charge in [-0.15, -0.1) is 10.2 Å². The van der Waals surface area contributed by atoms with Gasteiger partial charge in [0.25, 0.3) is 5.91 Å². The van der Waals surface area contributed by atoms with Crippen LogP contribution >= 0.6 is 0 Å². The average molecular weight is 520 g/mol. The molecule has 1 aliphatic rings. The van der Waals surface area contributed by atoms with Gasteiger partial charge in [0.05, 0.1) is 12.8 Å². The van der Waals surface area contributed by atoms with Gasteiger partial charge in [0.2, 0.25) is 5.91 Å². The van der Waals surface area contributed by atoms with Crippen LogP contribution in [0, 0.1) is 11.7 Å². The molecular formula is C29H34FN5O3. The number of carbonyl (C=O) groups is 2. The van der Waals surface area contributed by atoms with Gasteiger partial charge in [-0.2, -0.15) is 0 Å². The summed E-state index contributed by atoms with van der Waals surface area (Å²) in [6.45, 7) is 7.07. The molecular weight excluding hydrogens is 485 g/mol. The highest BCUT2D eigenvalue weighted by Crippen LogP contribution is 2.20. The largest absolute Gasteiger partial charge is 0.497 e. The molecule has 1 aromatic heterocycles. The zero-order valence-corrected chi connectivity index (χ0v) is 22.1. The Morgan fingerprint density at radius 3 is 2.47 bits per heavy atom. The molecule has 0 bridgehead atoms. The van der Waals surface area contributed by atoms with Crippen LogP contribution in [-0.2, 0) is 4.79 Å². The number of amides is 2. The van der Waals surface area contributed by atoms with Crippen LogP contribution in [0.1, 0.15) is 30.6 Å². The zero-order chi connectivity index (χ0) is 27.1. The third kappa shape index (κ3) is 6.85. The van der Waals surface area contributed by atoms with Crippen molar-refractivity contribution in [2.75, 3.05) is 51.3 Å². The van der Waals surface area contributed by atoms with E-state index >= 15 is 0 Å². The topological polar surface area (TPSA) is 78.9 Å². The van der Waals surface area contributed by atoms with Crippen LogP contribution in [0.25, 0.3) is 11.3 Å². The number of benzene rings is 2. The zero-order valence-electron chi connectivity index (χ0n) is 22.1. The molecule has 0 atom stereocenters. The van der Waals surface area contributed by atoms with Gasteiger partial charge in [-0.25, -0.2) is 4.39 Å². The van der Waals surface area contributed by atoms with Gasteiger partial charge >= 0.3 is 0 Å². The van der Waals surface area contributed by atoms with Crippen LogP contribution in [0.15, 0.2) is 60.7 Å². The number of hydrogen-bond donors (Lipinski definition) is 0. The average Bonchev–Trinajstić information content (AvgIpc) is 3.19. The number of carbonyl (C=O) groups excluding carboxylic acids is 2. The first-order chi connectivity index (χ1) is 18.3. The number of hydrogen-bond acceptors (Lipinski definition) is 6. The lowest BCUT2D eigenvalue weighted by atomic mass is 10.1. The molecule has 9 heteroatoms. The molecule has 38 heavy (non-hydrogen) atoms. The SMILES string of the molecule is COc1cccc(C(=O)N(CC(=O)N2CCCN(c3ccc(-c4ccc(F)cc4)nn3)CC2)CC(C)C)c1. The van der Waals surface area contributed by atoms with Crippen molar-refractivity contribution in [3.8, 4) is 17.0 Å². The van der Waals surface area contributed by atoms with Crippen LogP contribution in [0.3, 0.4) is 0 Å². The van der Waals surface area contributed by atoms with Crippen LogP contribution in [0.5, 0.6) is 5.75 Å². The van der Waals surface area contributed by atoms with Crippen molar-refractivity contribution in [1.29, 1.82) is 0 Å². The fourth-order valence-corrected chi connectivity index (χ4v) is 4.53. The molecule has 2 aromatic carbocycles. The number of halogens is 1. The summed E-state index contributed by atoms with van der Waals surface area (Å²) in [6.07, 6.45) is 0.779. The first-order valence-electron chi connectivity index (χ1n) is 12.9. The minimum Gasteiger partial charge on any atom is -0.497 e. The first kappa shape index (κ1) is 27.0. The van der Waals surface area contributed by atoms with E-state index in [0.29, 0.717) is 43.2 Å². The molecule has 0 spiro atoms. The molecule has 4 rings (SSSR count). The molecule has 0 N–H and O–H groups in total. The fraction of sp³-hybridized carbons (Fsp3) is 0.379. The lowest BCUT2D eigenvalue weighted by Gasteiger charge is -2.28. The van der Waals surface area contributed by atoms with Crippen molar-refractivity contribution >= 4 is 17.6 Å². The molecule has 8 nitrogen and oxygen atoms in total. The highest BCUT2D eigenvalue weighted by molar-refractivity contribution is 5.96. The number of aromatic nitrogens is 2. The lowest BCUT2D eigenvalue weighted by molar-refractivity contribution is -0.131. The summed E-state index contributed by atoms with van der Waals surface area (Å²) in [4.78, 5) is 32.1. The monoisotopic (exact) mass is 519 g/mol. The first-order valence-corrected chi connectivity index (χ1v) is 12.9. The summed E-state index contributed by atoms with van der Waals surface area (Å²) in [5.74, 6) is 1.01. The van der Waals surface area contributed by atoms with Crippen LogP contribution in [0.2, 0.25) is 0 Å². The molecule has 0 unspecified atom stereocenters. The lowest BCUT2D eigenvalue weighted by Crippen LogP contribution is -2.45. The Morgan fingerprint density at radius 2 is 1.79 bits per heavy atom. The highest BCUT2D eigenvalue weighted by Gasteiger charge is 2.25. The van der Waals surface area contributed by atoms with E-state index in [0.717, 1.165) is 24.3 Å². The number of methoxy groups -OCH3 is 1. The van der Waals surface area contributed by atoms with E-state index < -0.39 is 0 Å². The molecule has 2 amide bonds. The summed E-state index contributed by atoms with van der Waals surface area (Å²) in [6, 6.07) is 16.9. The van der Waals surface area contributed by atoms with Gasteiger partial charge in [-0.3, -0.25) is 9.59 Å². The number of nitrogens with zero attached hydrogens (tertiary/aromatic N) is 5. The van der Waals surface area contributed by atoms with Crippen molar-refractivity contribution in [2.24, 2.45) is 5.92 Å². The van der Waals surface area contributed by atoms with Crippen molar-refractivity contribution in [3.05, 3.63) is 72.0 Å². The second-order valence-electron chi connectivity index (χ2n) is 9.82. The van der Waals surface area contributed by atoms with Crippen molar-refractivity contribution in [2.45, 2.75) is 20.3 Å². The Labute approximate surface area is 223 Å². The normalized spacial score (nSPS) is 13.8. The molecule has 3 aromatic rings. The van der Waals surface area contributed by atoms with Gasteiger partial charge in [0.15, 0.2) is 5.82 Å². The Bertz CT molecular complexity index is 1230. The minimum absolute atomic E-state index is 0.0282. The highest BCUT2D eigenvalue weighted by atomic mass is 19.1. The van der Waals surface area contributed by atoms with Crippen LogP contribution in [-0.4, -0.2) is 78.2 Å². The van der Waals surface area contributed by atoms with Gasteiger partial charge in [0, 0.05) is 43.9 Å². The quantitative estimate of drug-likeness (QED) is 0.445. The van der Waals surface area contributed by atoms with E-state index in [9.17, 15) is 14.0 Å². The van der Waals surface area contributed by atoms with E-state index in [1.165, 1.54) is 12.1 Å². The maximum Gasteiger partial charge on any atom is 0.254 e. The summed E-state index contributed by atoms with van der Waals surface area (Å²) in [5.41, 5.74) is 1.97. The predicted molar refractivity (Wildman–Crippen MR) is 145 cm³/mol. The van der Waals surface area contributed by atoms with Crippen LogP contribution in [0.4, 0.5) is 10.2 Å². The third-order valence-corrected chi connectivity index (χ3v) is 6.48. The summed E-state index contributed by atoms with van der Waals surface area (Å²) >= 11 is 0.